The monoisotopic (exact) mass is 504 g/mol. The number of nitrogens with one attached hydrogen (secondary N) is 1. The molecule has 3 rings (SSSR count). The van der Waals surface area contributed by atoms with E-state index in [0.29, 0.717) is 32.0 Å². The highest BCUT2D eigenvalue weighted by Gasteiger charge is 2.22. The Labute approximate surface area is 181 Å². The third kappa shape index (κ3) is 5.39. The average molecular weight is 505 g/mol. The fraction of sp³-hybridized carbons (Fsp3) is 0.368. The molecule has 0 spiro atoms. The van der Waals surface area contributed by atoms with Gasteiger partial charge in [-0.1, -0.05) is 6.07 Å². The molecule has 2 N–H and O–H groups in total. The SMILES string of the molecule is O=[N+](O)c1ccc2c(c1)CN(CCCCNS(=O)(=O)c1cc(F)c(Br)cc1F)CC2. The van der Waals surface area contributed by atoms with E-state index in [9.17, 15) is 22.1 Å². The molecule has 0 saturated heterocycles. The zero-order valence-electron chi connectivity index (χ0n) is 15.9. The van der Waals surface area contributed by atoms with Crippen LogP contribution >= 0.6 is 15.9 Å². The Morgan fingerprint density at radius 1 is 1.13 bits per heavy atom. The van der Waals surface area contributed by atoms with Crippen LogP contribution in [0.15, 0.2) is 39.7 Å². The second kappa shape index (κ2) is 9.46. The largest absolute Gasteiger partial charge is 0.316 e. The Hall–Kier alpha value is -1.95. The molecule has 0 fully saturated rings. The van der Waals surface area contributed by atoms with Crippen LogP contribution in [0.25, 0.3) is 0 Å². The third-order valence-electron chi connectivity index (χ3n) is 4.96. The lowest BCUT2D eigenvalue weighted by Gasteiger charge is -2.28. The molecule has 162 valence electrons. The summed E-state index contributed by atoms with van der Waals surface area (Å²) in [6.07, 6.45) is 2.04. The average Bonchev–Trinajstić information content (AvgIpc) is 2.69. The number of halogens is 3. The first-order valence-electron chi connectivity index (χ1n) is 9.32. The van der Waals surface area contributed by atoms with Gasteiger partial charge in [0.2, 0.25) is 10.0 Å². The summed E-state index contributed by atoms with van der Waals surface area (Å²) in [6.45, 7) is 2.28. The van der Waals surface area contributed by atoms with Gasteiger partial charge in [-0.15, -0.1) is 0 Å². The summed E-state index contributed by atoms with van der Waals surface area (Å²) < 4.78 is 54.0. The summed E-state index contributed by atoms with van der Waals surface area (Å²) in [5.74, 6) is -1.88. The van der Waals surface area contributed by atoms with Gasteiger partial charge in [0.15, 0.2) is 0 Å². The number of unbranched alkanes of at least 4 members (excludes halogenated alkanes) is 1. The minimum absolute atomic E-state index is 0.101. The second-order valence-electron chi connectivity index (χ2n) is 7.05. The molecule has 0 atom stereocenters. The molecule has 2 aromatic carbocycles. The van der Waals surface area contributed by atoms with E-state index in [-0.39, 0.29) is 21.6 Å². The number of nitrogens with zero attached hydrogens (tertiary/aromatic N) is 2. The summed E-state index contributed by atoms with van der Waals surface area (Å²) >= 11 is 2.81. The van der Waals surface area contributed by atoms with Crippen molar-refractivity contribution in [3.05, 3.63) is 62.5 Å². The maximum Gasteiger partial charge on any atom is 0.316 e. The van der Waals surface area contributed by atoms with Crippen LogP contribution in [0.4, 0.5) is 14.5 Å². The summed E-state index contributed by atoms with van der Waals surface area (Å²) in [7, 11) is -4.15. The highest BCUT2D eigenvalue weighted by molar-refractivity contribution is 9.10. The molecule has 0 unspecified atom stereocenters. The summed E-state index contributed by atoms with van der Waals surface area (Å²) in [6, 6.07) is 6.51. The predicted molar refractivity (Wildman–Crippen MR) is 109 cm³/mol. The molecule has 0 saturated carbocycles. The first kappa shape index (κ1) is 22.7. The van der Waals surface area contributed by atoms with Gasteiger partial charge in [0, 0.05) is 31.8 Å². The molecule has 1 aliphatic rings. The van der Waals surface area contributed by atoms with Gasteiger partial charge < -0.3 is 0 Å². The van der Waals surface area contributed by atoms with Crippen LogP contribution in [0.1, 0.15) is 24.0 Å². The van der Waals surface area contributed by atoms with Crippen molar-refractivity contribution >= 4 is 31.6 Å². The number of benzene rings is 2. The normalized spacial score (nSPS) is 14.5. The Bertz CT molecular complexity index is 1070. The molecule has 11 heteroatoms. The van der Waals surface area contributed by atoms with Gasteiger partial charge in [-0.25, -0.2) is 27.1 Å². The van der Waals surface area contributed by atoms with Gasteiger partial charge in [0.25, 0.3) is 4.92 Å². The minimum Gasteiger partial charge on any atom is -0.299 e. The van der Waals surface area contributed by atoms with Gasteiger partial charge in [0.1, 0.15) is 16.5 Å². The zero-order valence-corrected chi connectivity index (χ0v) is 18.3. The Kier molecular flexibility index (Phi) is 7.17. The van der Waals surface area contributed by atoms with Gasteiger partial charge in [0.05, 0.1) is 9.38 Å². The maximum atomic E-state index is 13.9. The van der Waals surface area contributed by atoms with E-state index in [2.05, 4.69) is 25.6 Å². The summed E-state index contributed by atoms with van der Waals surface area (Å²) in [4.78, 5) is 12.3. The number of rotatable bonds is 8. The van der Waals surface area contributed by atoms with E-state index in [1.54, 1.807) is 12.1 Å². The van der Waals surface area contributed by atoms with Crippen molar-refractivity contribution in [2.45, 2.75) is 30.7 Å². The lowest BCUT2D eigenvalue weighted by Crippen LogP contribution is -2.32. The number of sulfonamides is 1. The summed E-state index contributed by atoms with van der Waals surface area (Å²) in [5.41, 5.74) is 2.29. The van der Waals surface area contributed by atoms with Gasteiger partial charge in [-0.2, -0.15) is 0 Å². The molecule has 1 aliphatic heterocycles. The van der Waals surface area contributed by atoms with E-state index < -0.39 is 26.6 Å². The molecule has 0 radical (unpaired) electrons. The fourth-order valence-corrected chi connectivity index (χ4v) is 4.83. The van der Waals surface area contributed by atoms with Crippen LogP contribution in [0.5, 0.6) is 0 Å². The van der Waals surface area contributed by atoms with Gasteiger partial charge in [-0.3, -0.25) is 4.90 Å². The van der Waals surface area contributed by atoms with E-state index in [1.165, 1.54) is 0 Å². The van der Waals surface area contributed by atoms with Gasteiger partial charge >= 0.3 is 5.69 Å². The fourth-order valence-electron chi connectivity index (χ4n) is 3.37. The molecule has 0 aliphatic carbocycles. The van der Waals surface area contributed by atoms with E-state index in [4.69, 9.17) is 5.21 Å². The van der Waals surface area contributed by atoms with Gasteiger partial charge in [-0.05, 0) is 65.0 Å². The van der Waals surface area contributed by atoms with Crippen molar-refractivity contribution < 1.29 is 27.3 Å². The van der Waals surface area contributed by atoms with Crippen molar-refractivity contribution in [2.75, 3.05) is 19.6 Å². The number of hydrogen-bond acceptors (Lipinski definition) is 4. The number of hydrogen-bond donors (Lipinski definition) is 2. The Balaban J connectivity index is 1.48. The van der Waals surface area contributed by atoms with Crippen LogP contribution in [0.3, 0.4) is 0 Å². The molecule has 0 aromatic heterocycles. The van der Waals surface area contributed by atoms with Crippen LogP contribution in [0.2, 0.25) is 0 Å². The van der Waals surface area contributed by atoms with Crippen molar-refractivity contribution in [2.24, 2.45) is 0 Å². The van der Waals surface area contributed by atoms with E-state index in [0.717, 1.165) is 30.2 Å². The molecule has 2 aromatic rings. The Morgan fingerprint density at radius 2 is 1.90 bits per heavy atom. The molecule has 7 nitrogen and oxygen atoms in total. The van der Waals surface area contributed by atoms with E-state index in [1.807, 2.05) is 6.07 Å². The van der Waals surface area contributed by atoms with Crippen LogP contribution in [0, 0.1) is 16.5 Å². The van der Waals surface area contributed by atoms with Crippen molar-refractivity contribution in [3.63, 3.8) is 0 Å². The Morgan fingerprint density at radius 3 is 2.63 bits per heavy atom. The molecular formula is C19H21BrF2N3O4S+. The first-order valence-corrected chi connectivity index (χ1v) is 11.6. The lowest BCUT2D eigenvalue weighted by molar-refractivity contribution is -0.729. The van der Waals surface area contributed by atoms with Crippen LogP contribution in [-0.2, 0) is 23.0 Å². The van der Waals surface area contributed by atoms with E-state index >= 15 is 0 Å². The standard InChI is InChI=1S/C19H21BrF2N3O4S/c20-16-10-18(22)19(11-17(16)21)30(28,29)23-6-1-2-7-24-8-5-13-3-4-15(25(26)27)9-14(13)12-24/h3-4,9-11,23H,1-2,5-8,12H2,(H,26,27)/q+1. The quantitative estimate of drug-likeness (QED) is 0.325. The topological polar surface area (TPSA) is 89.7 Å². The molecular weight excluding hydrogens is 484 g/mol. The number of fused-ring (bicyclic) bond motifs is 1. The van der Waals surface area contributed by atoms with Crippen molar-refractivity contribution in [1.29, 1.82) is 0 Å². The molecule has 0 amide bonds. The van der Waals surface area contributed by atoms with Crippen LogP contribution < -0.4 is 4.72 Å². The second-order valence-corrected chi connectivity index (χ2v) is 9.64. The predicted octanol–water partition coefficient (Wildman–Crippen LogP) is 3.64. The maximum absolute atomic E-state index is 13.9. The highest BCUT2D eigenvalue weighted by Crippen LogP contribution is 2.24. The van der Waals surface area contributed by atoms with Crippen LogP contribution in [-0.4, -0.2) is 43.1 Å². The lowest BCUT2D eigenvalue weighted by atomic mass is 9.99. The molecule has 0 bridgehead atoms. The molecule has 30 heavy (non-hydrogen) atoms. The van der Waals surface area contributed by atoms with Crippen molar-refractivity contribution in [3.8, 4) is 0 Å². The minimum atomic E-state index is -4.15. The van der Waals surface area contributed by atoms with Crippen molar-refractivity contribution in [1.82, 2.24) is 9.62 Å². The highest BCUT2D eigenvalue weighted by atomic mass is 79.9. The smallest absolute Gasteiger partial charge is 0.299 e. The first-order chi connectivity index (χ1) is 14.2. The third-order valence-corrected chi connectivity index (χ3v) is 7.04. The molecule has 1 heterocycles. The zero-order chi connectivity index (χ0) is 21.9. The summed E-state index contributed by atoms with van der Waals surface area (Å²) in [5, 5.41) is 9.05.